The zero-order chi connectivity index (χ0) is 25.1. The number of rotatable bonds is 6. The highest BCUT2D eigenvalue weighted by Gasteiger charge is 2.37. The van der Waals surface area contributed by atoms with Gasteiger partial charge in [-0.3, -0.25) is 14.9 Å². The summed E-state index contributed by atoms with van der Waals surface area (Å²) in [6, 6.07) is 16.3. The van der Waals surface area contributed by atoms with E-state index < -0.39 is 17.8 Å². The SMILES string of the molecule is COc1cc(/C=C2\C(=O)NC(=O)N(c3ccc(Cl)cc3)C2=O)c(Br)cc1OCc1ccc(Br)cc1. The Morgan fingerprint density at radius 3 is 2.31 bits per heavy atom. The number of nitrogens with zero attached hydrogens (tertiary/aromatic N) is 1. The number of barbiturate groups is 1. The van der Waals surface area contributed by atoms with Crippen LogP contribution < -0.4 is 19.7 Å². The van der Waals surface area contributed by atoms with E-state index in [-0.39, 0.29) is 11.3 Å². The molecule has 4 amide bonds. The van der Waals surface area contributed by atoms with Crippen molar-refractivity contribution < 1.29 is 23.9 Å². The molecule has 0 bridgehead atoms. The number of carbonyl (C=O) groups is 3. The molecule has 0 radical (unpaired) electrons. The maximum absolute atomic E-state index is 13.1. The maximum atomic E-state index is 13.1. The molecule has 0 saturated carbocycles. The summed E-state index contributed by atoms with van der Waals surface area (Å²) in [4.78, 5) is 38.9. The minimum atomic E-state index is -0.840. The van der Waals surface area contributed by atoms with E-state index in [1.165, 1.54) is 25.3 Å². The average Bonchev–Trinajstić information content (AvgIpc) is 2.83. The third-order valence-corrected chi connectivity index (χ3v) is 6.54. The molecule has 1 aliphatic rings. The molecule has 1 fully saturated rings. The number of hydrogen-bond donors (Lipinski definition) is 1. The fourth-order valence-corrected chi connectivity index (χ4v) is 4.14. The lowest BCUT2D eigenvalue weighted by atomic mass is 10.1. The molecule has 3 aromatic carbocycles. The van der Waals surface area contributed by atoms with Crippen LogP contribution in [0.15, 0.2) is 75.2 Å². The van der Waals surface area contributed by atoms with E-state index in [2.05, 4.69) is 37.2 Å². The highest BCUT2D eigenvalue weighted by Crippen LogP contribution is 2.36. The van der Waals surface area contributed by atoms with E-state index >= 15 is 0 Å². The first-order chi connectivity index (χ1) is 16.8. The van der Waals surface area contributed by atoms with Gasteiger partial charge in [0.1, 0.15) is 12.2 Å². The fraction of sp³-hybridized carbons (Fsp3) is 0.0800. The molecule has 7 nitrogen and oxygen atoms in total. The molecule has 0 aromatic heterocycles. The monoisotopic (exact) mass is 618 g/mol. The van der Waals surface area contributed by atoms with Crippen LogP contribution in [0.3, 0.4) is 0 Å². The highest BCUT2D eigenvalue weighted by atomic mass is 79.9. The van der Waals surface area contributed by atoms with Gasteiger partial charge in [-0.2, -0.15) is 0 Å². The van der Waals surface area contributed by atoms with Crippen LogP contribution in [0.2, 0.25) is 5.02 Å². The standard InChI is InChI=1S/C25H17Br2ClN2O5/c1-34-21-11-15(20(27)12-22(21)35-13-14-2-4-16(26)5-3-14)10-19-23(31)29-25(33)30(24(19)32)18-8-6-17(28)7-9-18/h2-12H,13H2,1H3,(H,29,31,33)/b19-10+. The average molecular weight is 621 g/mol. The van der Waals surface area contributed by atoms with Crippen molar-refractivity contribution in [1.29, 1.82) is 0 Å². The lowest BCUT2D eigenvalue weighted by Gasteiger charge is -2.26. The van der Waals surface area contributed by atoms with Crippen LogP contribution in [0.5, 0.6) is 11.5 Å². The number of methoxy groups -OCH3 is 1. The van der Waals surface area contributed by atoms with Crippen molar-refractivity contribution in [1.82, 2.24) is 5.32 Å². The third kappa shape index (κ3) is 5.58. The Morgan fingerprint density at radius 1 is 0.971 bits per heavy atom. The summed E-state index contributed by atoms with van der Waals surface area (Å²) in [7, 11) is 1.49. The second kappa shape index (κ2) is 10.6. The first kappa shape index (κ1) is 25.0. The number of hydrogen-bond acceptors (Lipinski definition) is 5. The Balaban J connectivity index is 1.63. The largest absolute Gasteiger partial charge is 0.493 e. The van der Waals surface area contributed by atoms with E-state index in [0.717, 1.165) is 14.9 Å². The quantitative estimate of drug-likeness (QED) is 0.265. The molecule has 1 aliphatic heterocycles. The van der Waals surface area contributed by atoms with Gasteiger partial charge in [-0.1, -0.05) is 55.6 Å². The molecule has 4 rings (SSSR count). The Kier molecular flexibility index (Phi) is 7.59. The minimum absolute atomic E-state index is 0.217. The van der Waals surface area contributed by atoms with Gasteiger partial charge < -0.3 is 9.47 Å². The van der Waals surface area contributed by atoms with Gasteiger partial charge in [-0.15, -0.1) is 0 Å². The number of carbonyl (C=O) groups excluding carboxylic acids is 3. The lowest BCUT2D eigenvalue weighted by Crippen LogP contribution is -2.54. The lowest BCUT2D eigenvalue weighted by molar-refractivity contribution is -0.122. The van der Waals surface area contributed by atoms with E-state index in [1.54, 1.807) is 24.3 Å². The Morgan fingerprint density at radius 2 is 1.66 bits per heavy atom. The molecule has 0 aliphatic carbocycles. The third-order valence-electron chi connectivity index (χ3n) is 5.08. The summed E-state index contributed by atoms with van der Waals surface area (Å²) in [6.45, 7) is 0.315. The van der Waals surface area contributed by atoms with Crippen LogP contribution in [0.1, 0.15) is 11.1 Å². The van der Waals surface area contributed by atoms with Gasteiger partial charge in [-0.25, -0.2) is 9.69 Å². The van der Waals surface area contributed by atoms with Crippen LogP contribution in [0, 0.1) is 0 Å². The number of halogens is 3. The summed E-state index contributed by atoms with van der Waals surface area (Å²) < 4.78 is 12.9. The topological polar surface area (TPSA) is 84.9 Å². The van der Waals surface area contributed by atoms with Gasteiger partial charge in [0.2, 0.25) is 0 Å². The molecule has 1 N–H and O–H groups in total. The molecule has 1 heterocycles. The number of amides is 4. The van der Waals surface area contributed by atoms with Crippen molar-refractivity contribution in [2.45, 2.75) is 6.61 Å². The maximum Gasteiger partial charge on any atom is 0.335 e. The Hall–Kier alpha value is -3.14. The van der Waals surface area contributed by atoms with Crippen LogP contribution in [-0.4, -0.2) is 25.0 Å². The summed E-state index contributed by atoms with van der Waals surface area (Å²) in [5.74, 6) is -0.678. The molecular weight excluding hydrogens is 604 g/mol. The molecule has 10 heteroatoms. The predicted molar refractivity (Wildman–Crippen MR) is 140 cm³/mol. The van der Waals surface area contributed by atoms with Gasteiger partial charge in [0.25, 0.3) is 11.8 Å². The molecule has 1 saturated heterocycles. The second-order valence-corrected chi connectivity index (χ2v) is 9.58. The summed E-state index contributed by atoms with van der Waals surface area (Å²) in [5.41, 5.74) is 1.52. The van der Waals surface area contributed by atoms with Gasteiger partial charge in [0.05, 0.1) is 12.8 Å². The van der Waals surface area contributed by atoms with E-state index in [9.17, 15) is 14.4 Å². The molecule has 178 valence electrons. The molecular formula is C25H17Br2ClN2O5. The van der Waals surface area contributed by atoms with Crippen molar-refractivity contribution in [3.63, 3.8) is 0 Å². The molecule has 35 heavy (non-hydrogen) atoms. The number of imide groups is 2. The first-order valence-electron chi connectivity index (χ1n) is 10.2. The Labute approximate surface area is 222 Å². The predicted octanol–water partition coefficient (Wildman–Crippen LogP) is 6.12. The zero-order valence-electron chi connectivity index (χ0n) is 18.2. The number of benzene rings is 3. The number of ether oxygens (including phenoxy) is 2. The fourth-order valence-electron chi connectivity index (χ4n) is 3.31. The van der Waals surface area contributed by atoms with E-state index in [1.807, 2.05) is 24.3 Å². The van der Waals surface area contributed by atoms with Gasteiger partial charge in [-0.05, 0) is 65.7 Å². The molecule has 0 spiro atoms. The second-order valence-electron chi connectivity index (χ2n) is 7.37. The van der Waals surface area contributed by atoms with Crippen molar-refractivity contribution >= 4 is 73.1 Å². The zero-order valence-corrected chi connectivity index (χ0v) is 22.1. The highest BCUT2D eigenvalue weighted by molar-refractivity contribution is 9.10. The summed E-state index contributed by atoms with van der Waals surface area (Å²) in [5, 5.41) is 2.64. The van der Waals surface area contributed by atoms with Crippen LogP contribution in [0.4, 0.5) is 10.5 Å². The van der Waals surface area contributed by atoms with Gasteiger partial charge in [0, 0.05) is 14.0 Å². The van der Waals surface area contributed by atoms with Gasteiger partial charge >= 0.3 is 6.03 Å². The molecule has 0 atom stereocenters. The summed E-state index contributed by atoms with van der Waals surface area (Å²) in [6.07, 6.45) is 1.39. The minimum Gasteiger partial charge on any atom is -0.493 e. The smallest absolute Gasteiger partial charge is 0.335 e. The van der Waals surface area contributed by atoms with Crippen LogP contribution in [0.25, 0.3) is 6.08 Å². The molecule has 3 aromatic rings. The van der Waals surface area contributed by atoms with Crippen molar-refractivity contribution in [2.75, 3.05) is 12.0 Å². The van der Waals surface area contributed by atoms with Crippen molar-refractivity contribution in [3.05, 3.63) is 91.3 Å². The summed E-state index contributed by atoms with van der Waals surface area (Å²) >= 11 is 12.8. The number of anilines is 1. The van der Waals surface area contributed by atoms with E-state index in [0.29, 0.717) is 33.2 Å². The molecule has 0 unspecified atom stereocenters. The normalized spacial score (nSPS) is 14.8. The first-order valence-corrected chi connectivity index (χ1v) is 12.1. The number of urea groups is 1. The van der Waals surface area contributed by atoms with E-state index in [4.69, 9.17) is 21.1 Å². The number of nitrogens with one attached hydrogen (secondary N) is 1. The van der Waals surface area contributed by atoms with Crippen molar-refractivity contribution in [2.24, 2.45) is 0 Å². The van der Waals surface area contributed by atoms with Crippen molar-refractivity contribution in [3.8, 4) is 11.5 Å². The Bertz CT molecular complexity index is 1340. The van der Waals surface area contributed by atoms with Gasteiger partial charge in [0.15, 0.2) is 11.5 Å². The van der Waals surface area contributed by atoms with Crippen LogP contribution >= 0.6 is 43.5 Å². The van der Waals surface area contributed by atoms with Crippen LogP contribution in [-0.2, 0) is 16.2 Å².